The lowest BCUT2D eigenvalue weighted by Gasteiger charge is -2.32. The van der Waals surface area contributed by atoms with E-state index < -0.39 is 0 Å². The predicted molar refractivity (Wildman–Crippen MR) is 107 cm³/mol. The summed E-state index contributed by atoms with van der Waals surface area (Å²) in [7, 11) is 0. The minimum atomic E-state index is -0.282. The Morgan fingerprint density at radius 2 is 1.86 bits per heavy atom. The number of aromatic hydroxyl groups is 1. The van der Waals surface area contributed by atoms with E-state index in [4.69, 9.17) is 16.3 Å². The van der Waals surface area contributed by atoms with Gasteiger partial charge in [0, 0.05) is 30.3 Å². The molecule has 0 unspecified atom stereocenters. The molecule has 148 valence electrons. The molecule has 0 bridgehead atoms. The van der Waals surface area contributed by atoms with Gasteiger partial charge in [-0.1, -0.05) is 29.8 Å². The molecule has 0 saturated carbocycles. The molecule has 6 nitrogen and oxygen atoms in total. The van der Waals surface area contributed by atoms with E-state index in [0.717, 1.165) is 0 Å². The molecule has 1 saturated heterocycles. The van der Waals surface area contributed by atoms with Gasteiger partial charge in [-0.3, -0.25) is 9.59 Å². The number of hydrogen-bond acceptors (Lipinski definition) is 4. The van der Waals surface area contributed by atoms with Crippen molar-refractivity contribution in [3.63, 3.8) is 0 Å². The summed E-state index contributed by atoms with van der Waals surface area (Å²) in [5.74, 6) is -0.260. The Kier molecular flexibility index (Phi) is 6.41. The normalized spacial score (nSPS) is 14.6. The molecule has 0 aromatic heterocycles. The Morgan fingerprint density at radius 1 is 1.18 bits per heavy atom. The second kappa shape index (κ2) is 8.97. The Balaban J connectivity index is 1.59. The molecule has 2 N–H and O–H groups in total. The molecule has 0 spiro atoms. The highest BCUT2D eigenvalue weighted by molar-refractivity contribution is 6.32. The molecule has 1 heterocycles. The molecule has 2 amide bonds. The minimum Gasteiger partial charge on any atom is -0.503 e. The lowest BCUT2D eigenvalue weighted by molar-refractivity contribution is 0.0698. The van der Waals surface area contributed by atoms with Gasteiger partial charge in [-0.2, -0.15) is 0 Å². The fraction of sp³-hybridized carbons (Fsp3) is 0.333. The number of ether oxygens (including phenoxy) is 1. The largest absolute Gasteiger partial charge is 0.503 e. The molecular weight excluding hydrogens is 380 g/mol. The number of likely N-dealkylation sites (tertiary alicyclic amines) is 1. The second-order valence-electron chi connectivity index (χ2n) is 6.64. The first-order chi connectivity index (χ1) is 13.5. The number of amides is 2. The Morgan fingerprint density at radius 3 is 2.50 bits per heavy atom. The van der Waals surface area contributed by atoms with Gasteiger partial charge in [-0.15, -0.1) is 0 Å². The fourth-order valence-electron chi connectivity index (χ4n) is 3.23. The Bertz CT molecular complexity index is 849. The zero-order valence-corrected chi connectivity index (χ0v) is 16.4. The molecule has 3 rings (SSSR count). The summed E-state index contributed by atoms with van der Waals surface area (Å²) in [6.07, 6.45) is 1.35. The molecule has 1 aliphatic heterocycles. The van der Waals surface area contributed by atoms with E-state index in [1.807, 2.05) is 23.1 Å². The zero-order valence-electron chi connectivity index (χ0n) is 15.7. The average Bonchev–Trinajstić information content (AvgIpc) is 2.72. The van der Waals surface area contributed by atoms with E-state index in [0.29, 0.717) is 43.7 Å². The van der Waals surface area contributed by atoms with Gasteiger partial charge in [-0.25, -0.2) is 0 Å². The summed E-state index contributed by atoms with van der Waals surface area (Å²) >= 11 is 6.00. The van der Waals surface area contributed by atoms with E-state index in [1.54, 1.807) is 19.1 Å². The first kappa shape index (κ1) is 20.0. The summed E-state index contributed by atoms with van der Waals surface area (Å²) in [5, 5.41) is 13.0. The molecule has 1 fully saturated rings. The van der Waals surface area contributed by atoms with Crippen LogP contribution in [0.4, 0.5) is 0 Å². The number of halogens is 1. The van der Waals surface area contributed by atoms with Crippen molar-refractivity contribution in [2.24, 2.45) is 0 Å². The number of nitrogens with one attached hydrogen (secondary N) is 1. The molecule has 1 aliphatic rings. The quantitative estimate of drug-likeness (QED) is 0.802. The van der Waals surface area contributed by atoms with Crippen LogP contribution in [0, 0.1) is 0 Å². The number of rotatable bonds is 5. The first-order valence-electron chi connectivity index (χ1n) is 9.30. The van der Waals surface area contributed by atoms with Crippen LogP contribution >= 0.6 is 11.6 Å². The van der Waals surface area contributed by atoms with Gasteiger partial charge in [0.15, 0.2) is 11.5 Å². The summed E-state index contributed by atoms with van der Waals surface area (Å²) in [5.41, 5.74) is 1.00. The topological polar surface area (TPSA) is 78.9 Å². The smallest absolute Gasteiger partial charge is 0.253 e. The number of hydrogen-bond donors (Lipinski definition) is 2. The second-order valence-corrected chi connectivity index (χ2v) is 7.05. The van der Waals surface area contributed by atoms with Crippen LogP contribution < -0.4 is 10.1 Å². The van der Waals surface area contributed by atoms with Crippen LogP contribution in [0.5, 0.6) is 11.5 Å². The van der Waals surface area contributed by atoms with Gasteiger partial charge in [0.1, 0.15) is 0 Å². The van der Waals surface area contributed by atoms with Crippen molar-refractivity contribution in [2.75, 3.05) is 19.7 Å². The fourth-order valence-corrected chi connectivity index (χ4v) is 3.44. The molecule has 0 radical (unpaired) electrons. The summed E-state index contributed by atoms with van der Waals surface area (Å²) in [6.45, 7) is 3.30. The maximum atomic E-state index is 12.6. The highest BCUT2D eigenvalue weighted by Crippen LogP contribution is 2.35. The molecule has 7 heteroatoms. The zero-order chi connectivity index (χ0) is 20.1. The Hall–Kier alpha value is -2.73. The van der Waals surface area contributed by atoms with E-state index in [-0.39, 0.29) is 34.4 Å². The number of piperidine rings is 1. The summed E-state index contributed by atoms with van der Waals surface area (Å²) < 4.78 is 5.32. The van der Waals surface area contributed by atoms with Crippen molar-refractivity contribution in [3.05, 3.63) is 58.6 Å². The first-order valence-corrected chi connectivity index (χ1v) is 9.68. The van der Waals surface area contributed by atoms with E-state index >= 15 is 0 Å². The lowest BCUT2D eigenvalue weighted by Crippen LogP contribution is -2.46. The highest BCUT2D eigenvalue weighted by Gasteiger charge is 2.25. The van der Waals surface area contributed by atoms with E-state index in [1.165, 1.54) is 12.1 Å². The third-order valence-corrected chi connectivity index (χ3v) is 5.02. The number of phenolic OH excluding ortho intramolecular Hbond substituents is 1. The molecule has 2 aromatic carbocycles. The number of phenols is 1. The van der Waals surface area contributed by atoms with Gasteiger partial charge in [-0.05, 0) is 44.0 Å². The number of benzene rings is 2. The summed E-state index contributed by atoms with van der Waals surface area (Å²) in [4.78, 5) is 26.9. The van der Waals surface area contributed by atoms with Crippen LogP contribution in [0.15, 0.2) is 42.5 Å². The maximum Gasteiger partial charge on any atom is 0.253 e. The van der Waals surface area contributed by atoms with Crippen molar-refractivity contribution in [1.29, 1.82) is 0 Å². The van der Waals surface area contributed by atoms with Crippen molar-refractivity contribution in [3.8, 4) is 11.5 Å². The van der Waals surface area contributed by atoms with E-state index in [9.17, 15) is 14.7 Å². The molecule has 28 heavy (non-hydrogen) atoms. The van der Waals surface area contributed by atoms with Crippen LogP contribution in [0.2, 0.25) is 5.02 Å². The SMILES string of the molecule is CCOc1cc(C(=O)NC2CCN(C(=O)c3ccccc3)CC2)cc(Cl)c1O. The molecule has 0 atom stereocenters. The lowest BCUT2D eigenvalue weighted by atomic mass is 10.0. The van der Waals surface area contributed by atoms with Crippen LogP contribution in [-0.2, 0) is 0 Å². The van der Waals surface area contributed by atoms with Crippen molar-refractivity contribution >= 4 is 23.4 Å². The Labute approximate surface area is 169 Å². The van der Waals surface area contributed by atoms with E-state index in [2.05, 4.69) is 5.32 Å². The van der Waals surface area contributed by atoms with Gasteiger partial charge in [0.2, 0.25) is 0 Å². The van der Waals surface area contributed by atoms with Crippen LogP contribution in [-0.4, -0.2) is 47.6 Å². The van der Waals surface area contributed by atoms with Gasteiger partial charge >= 0.3 is 0 Å². The van der Waals surface area contributed by atoms with Crippen molar-refractivity contribution in [2.45, 2.75) is 25.8 Å². The number of nitrogens with zero attached hydrogens (tertiary/aromatic N) is 1. The highest BCUT2D eigenvalue weighted by atomic mass is 35.5. The van der Waals surface area contributed by atoms with Gasteiger partial charge < -0.3 is 20.1 Å². The van der Waals surface area contributed by atoms with Crippen LogP contribution in [0.3, 0.4) is 0 Å². The number of carbonyl (C=O) groups excluding carboxylic acids is 2. The molecule has 2 aromatic rings. The van der Waals surface area contributed by atoms with Crippen molar-refractivity contribution < 1.29 is 19.4 Å². The van der Waals surface area contributed by atoms with Gasteiger partial charge in [0.25, 0.3) is 11.8 Å². The summed E-state index contributed by atoms with van der Waals surface area (Å²) in [6, 6.07) is 12.1. The standard InChI is InChI=1S/C21H23ClN2O4/c1-2-28-18-13-15(12-17(22)19(18)25)20(26)23-16-8-10-24(11-9-16)21(27)14-6-4-3-5-7-14/h3-7,12-13,16,25H,2,8-11H2,1H3,(H,23,26). The van der Waals surface area contributed by atoms with Crippen LogP contribution in [0.1, 0.15) is 40.5 Å². The maximum absolute atomic E-state index is 12.6. The molecule has 0 aliphatic carbocycles. The van der Waals surface area contributed by atoms with Gasteiger partial charge in [0.05, 0.1) is 11.6 Å². The number of carbonyl (C=O) groups is 2. The third-order valence-electron chi connectivity index (χ3n) is 4.73. The monoisotopic (exact) mass is 402 g/mol. The van der Waals surface area contributed by atoms with Crippen molar-refractivity contribution in [1.82, 2.24) is 10.2 Å². The average molecular weight is 403 g/mol. The third kappa shape index (κ3) is 4.57. The minimum absolute atomic E-state index is 0.0112. The molecular formula is C21H23ClN2O4. The van der Waals surface area contributed by atoms with Crippen LogP contribution in [0.25, 0.3) is 0 Å². The predicted octanol–water partition coefficient (Wildman–Crippen LogP) is 3.48.